The van der Waals surface area contributed by atoms with Crippen molar-refractivity contribution in [3.05, 3.63) is 53.9 Å². The second kappa shape index (κ2) is 8.49. The molecule has 1 fully saturated rings. The van der Waals surface area contributed by atoms with E-state index in [0.29, 0.717) is 44.4 Å². The van der Waals surface area contributed by atoms with Crippen molar-refractivity contribution >= 4 is 15.7 Å². The average molecular weight is 448 g/mol. The quantitative estimate of drug-likeness (QED) is 0.567. The van der Waals surface area contributed by atoms with Crippen LogP contribution < -0.4 is 4.90 Å². The summed E-state index contributed by atoms with van der Waals surface area (Å²) in [5.74, 6) is -2.35. The van der Waals surface area contributed by atoms with Crippen LogP contribution in [-0.4, -0.2) is 50.2 Å². The summed E-state index contributed by atoms with van der Waals surface area (Å²) in [7, 11) is -4.59. The van der Waals surface area contributed by atoms with E-state index in [9.17, 15) is 22.5 Å². The Morgan fingerprint density at radius 3 is 2.42 bits per heavy atom. The zero-order valence-corrected chi connectivity index (χ0v) is 17.1. The van der Waals surface area contributed by atoms with E-state index in [1.165, 1.54) is 18.4 Å². The summed E-state index contributed by atoms with van der Waals surface area (Å²) in [6.07, 6.45) is 1.50. The van der Waals surface area contributed by atoms with Gasteiger partial charge >= 0.3 is 5.76 Å². The zero-order valence-electron chi connectivity index (χ0n) is 16.2. The van der Waals surface area contributed by atoms with Crippen molar-refractivity contribution < 1.29 is 26.0 Å². The van der Waals surface area contributed by atoms with Crippen LogP contribution in [0.15, 0.2) is 56.4 Å². The molecule has 0 aliphatic carbocycles. The molecule has 162 valence electrons. The Kier molecular flexibility index (Phi) is 5.75. The number of nitriles is 1. The van der Waals surface area contributed by atoms with Gasteiger partial charge in [0.05, 0.1) is 11.2 Å². The van der Waals surface area contributed by atoms with E-state index >= 15 is 0 Å². The first kappa shape index (κ1) is 21.0. The SMILES string of the molecule is N#Cc1nc(-c2ccco2)oc1N1CCN(Cc2ccc(S(=O)(=O)C(F)F)cc2)CC1. The first-order valence-electron chi connectivity index (χ1n) is 9.41. The lowest BCUT2D eigenvalue weighted by atomic mass is 10.2. The van der Waals surface area contributed by atoms with E-state index in [1.54, 1.807) is 24.3 Å². The molecule has 0 bridgehead atoms. The third kappa shape index (κ3) is 4.30. The third-order valence-corrected chi connectivity index (χ3v) is 6.40. The molecular formula is C20H18F2N4O4S. The number of hydrogen-bond donors (Lipinski definition) is 0. The van der Waals surface area contributed by atoms with Crippen LogP contribution in [0.3, 0.4) is 0 Å². The molecule has 4 rings (SSSR count). The first-order valence-corrected chi connectivity index (χ1v) is 11.0. The molecule has 31 heavy (non-hydrogen) atoms. The minimum Gasteiger partial charge on any atom is -0.459 e. The van der Waals surface area contributed by atoms with Crippen molar-refractivity contribution in [1.29, 1.82) is 5.26 Å². The molecule has 1 saturated heterocycles. The van der Waals surface area contributed by atoms with Gasteiger partial charge in [-0.25, -0.2) is 8.42 Å². The number of piperazine rings is 1. The van der Waals surface area contributed by atoms with Crippen LogP contribution in [0, 0.1) is 11.3 Å². The van der Waals surface area contributed by atoms with Gasteiger partial charge in [-0.2, -0.15) is 19.0 Å². The third-order valence-electron chi connectivity index (χ3n) is 5.00. The molecule has 3 aromatic rings. The van der Waals surface area contributed by atoms with Crippen molar-refractivity contribution in [1.82, 2.24) is 9.88 Å². The summed E-state index contributed by atoms with van der Waals surface area (Å²) < 4.78 is 59.4. The number of hydrogen-bond acceptors (Lipinski definition) is 8. The largest absolute Gasteiger partial charge is 0.459 e. The minimum atomic E-state index is -4.59. The predicted octanol–water partition coefficient (Wildman–Crippen LogP) is 3.12. The fraction of sp³-hybridized carbons (Fsp3) is 0.300. The van der Waals surface area contributed by atoms with E-state index < -0.39 is 20.5 Å². The standard InChI is InChI=1S/C20H18F2N4O4S/c21-20(22)31(27,28)15-5-3-14(4-6-15)13-25-7-9-26(10-8-25)19-16(12-23)24-18(30-19)17-2-1-11-29-17/h1-6,11,20H,7-10,13H2. The van der Waals surface area contributed by atoms with Crippen molar-refractivity contribution in [3.63, 3.8) is 0 Å². The summed E-state index contributed by atoms with van der Waals surface area (Å²) in [6, 6.07) is 11.0. The van der Waals surface area contributed by atoms with Gasteiger partial charge < -0.3 is 13.7 Å². The normalized spacial score (nSPS) is 15.4. The summed E-state index contributed by atoms with van der Waals surface area (Å²) in [6.45, 7) is 3.07. The van der Waals surface area contributed by atoms with Gasteiger partial charge in [0, 0.05) is 32.7 Å². The van der Waals surface area contributed by atoms with E-state index in [1.807, 2.05) is 11.0 Å². The number of nitrogens with zero attached hydrogens (tertiary/aromatic N) is 4. The smallest absolute Gasteiger partial charge is 0.341 e. The number of sulfone groups is 1. The van der Waals surface area contributed by atoms with Crippen LogP contribution in [0.5, 0.6) is 0 Å². The fourth-order valence-corrected chi connectivity index (χ4v) is 4.08. The summed E-state index contributed by atoms with van der Waals surface area (Å²) in [4.78, 5) is 7.88. The molecule has 0 N–H and O–H groups in total. The lowest BCUT2D eigenvalue weighted by Gasteiger charge is -2.34. The fourth-order valence-electron chi connectivity index (χ4n) is 3.36. The highest BCUT2D eigenvalue weighted by molar-refractivity contribution is 7.91. The Morgan fingerprint density at radius 1 is 1.13 bits per heavy atom. The molecule has 0 radical (unpaired) electrons. The van der Waals surface area contributed by atoms with E-state index in [2.05, 4.69) is 9.88 Å². The number of anilines is 1. The Bertz CT molecular complexity index is 1180. The summed E-state index contributed by atoms with van der Waals surface area (Å²) in [5, 5.41) is 9.39. The topological polar surface area (TPSA) is 104 Å². The van der Waals surface area contributed by atoms with Crippen molar-refractivity contribution in [2.24, 2.45) is 0 Å². The molecule has 0 saturated carbocycles. The maximum absolute atomic E-state index is 12.6. The Balaban J connectivity index is 1.39. The van der Waals surface area contributed by atoms with Gasteiger partial charge in [-0.3, -0.25) is 4.90 Å². The van der Waals surface area contributed by atoms with Crippen LogP contribution in [0.1, 0.15) is 11.3 Å². The van der Waals surface area contributed by atoms with Crippen LogP contribution in [-0.2, 0) is 16.4 Å². The molecule has 0 atom stereocenters. The van der Waals surface area contributed by atoms with Gasteiger partial charge in [-0.1, -0.05) is 12.1 Å². The molecular weight excluding hydrogens is 430 g/mol. The lowest BCUT2D eigenvalue weighted by Crippen LogP contribution is -2.46. The number of benzene rings is 1. The summed E-state index contributed by atoms with van der Waals surface area (Å²) >= 11 is 0. The maximum atomic E-state index is 12.6. The number of furan rings is 1. The lowest BCUT2D eigenvalue weighted by molar-refractivity contribution is 0.234. The molecule has 11 heteroatoms. The van der Waals surface area contributed by atoms with E-state index in [-0.39, 0.29) is 11.6 Å². The average Bonchev–Trinajstić information content (AvgIpc) is 3.44. The highest BCUT2D eigenvalue weighted by atomic mass is 32.2. The van der Waals surface area contributed by atoms with Crippen molar-refractivity contribution in [2.75, 3.05) is 31.1 Å². The predicted molar refractivity (Wildman–Crippen MR) is 106 cm³/mol. The highest BCUT2D eigenvalue weighted by Crippen LogP contribution is 2.29. The highest BCUT2D eigenvalue weighted by Gasteiger charge is 2.27. The molecule has 8 nitrogen and oxygen atoms in total. The minimum absolute atomic E-state index is 0.190. The second-order valence-corrected chi connectivity index (χ2v) is 8.89. The maximum Gasteiger partial charge on any atom is 0.341 e. The van der Waals surface area contributed by atoms with Crippen LogP contribution in [0.25, 0.3) is 11.7 Å². The zero-order chi connectivity index (χ0) is 22.0. The monoisotopic (exact) mass is 448 g/mol. The van der Waals surface area contributed by atoms with Gasteiger partial charge in [0.15, 0.2) is 5.76 Å². The van der Waals surface area contributed by atoms with Crippen LogP contribution in [0.4, 0.5) is 14.7 Å². The van der Waals surface area contributed by atoms with E-state index in [0.717, 1.165) is 5.56 Å². The van der Waals surface area contributed by atoms with Gasteiger partial charge in [0.1, 0.15) is 6.07 Å². The Hall–Kier alpha value is -3.23. The van der Waals surface area contributed by atoms with E-state index in [4.69, 9.17) is 8.83 Å². The molecule has 0 spiro atoms. The number of aromatic nitrogens is 1. The molecule has 0 unspecified atom stereocenters. The second-order valence-electron chi connectivity index (χ2n) is 6.97. The molecule has 1 aliphatic rings. The van der Waals surface area contributed by atoms with Gasteiger partial charge in [-0.15, -0.1) is 0 Å². The Morgan fingerprint density at radius 2 is 1.84 bits per heavy atom. The number of rotatable bonds is 6. The first-order chi connectivity index (χ1) is 14.9. The Labute approximate surface area is 177 Å². The summed E-state index contributed by atoms with van der Waals surface area (Å²) in [5.41, 5.74) is 1.01. The number of oxazole rings is 1. The molecule has 3 heterocycles. The molecule has 0 amide bonds. The van der Waals surface area contributed by atoms with Gasteiger partial charge in [0.25, 0.3) is 5.89 Å². The van der Waals surface area contributed by atoms with Gasteiger partial charge in [-0.05, 0) is 29.8 Å². The molecule has 1 aromatic carbocycles. The molecule has 1 aliphatic heterocycles. The van der Waals surface area contributed by atoms with Gasteiger partial charge in [0.2, 0.25) is 21.4 Å². The van der Waals surface area contributed by atoms with Crippen molar-refractivity contribution in [3.8, 4) is 17.7 Å². The van der Waals surface area contributed by atoms with Crippen molar-refractivity contribution in [2.45, 2.75) is 17.2 Å². The molecule has 2 aromatic heterocycles. The van der Waals surface area contributed by atoms with Crippen LogP contribution in [0.2, 0.25) is 0 Å². The number of halogens is 2. The van der Waals surface area contributed by atoms with Crippen LogP contribution >= 0.6 is 0 Å². The number of alkyl halides is 2.